The Kier molecular flexibility index (Phi) is 8.50. The molecular formula is C31H34O4. The molecule has 0 aromatic heterocycles. The molecule has 0 saturated heterocycles. The molecule has 2 aromatic carbocycles. The predicted octanol–water partition coefficient (Wildman–Crippen LogP) is 7.97. The molecule has 0 radical (unpaired) electrons. The third-order valence-electron chi connectivity index (χ3n) is 6.18. The van der Waals surface area contributed by atoms with E-state index in [0.29, 0.717) is 29.2 Å². The van der Waals surface area contributed by atoms with E-state index >= 15 is 0 Å². The quantitative estimate of drug-likeness (QED) is 0.273. The van der Waals surface area contributed by atoms with Gasteiger partial charge in [0.05, 0.1) is 0 Å². The normalized spacial score (nSPS) is 16.5. The van der Waals surface area contributed by atoms with E-state index in [1.54, 1.807) is 24.3 Å². The van der Waals surface area contributed by atoms with Crippen LogP contribution >= 0.6 is 0 Å². The largest absolute Gasteiger partial charge is 0.507 e. The molecule has 0 fully saturated rings. The average Bonchev–Trinajstić information content (AvgIpc) is 2.88. The van der Waals surface area contributed by atoms with Crippen molar-refractivity contribution in [1.82, 2.24) is 0 Å². The number of unbranched alkanes of at least 4 members (excludes halogenated alkanes) is 2. The van der Waals surface area contributed by atoms with E-state index < -0.39 is 0 Å². The molecular weight excluding hydrogens is 436 g/mol. The van der Waals surface area contributed by atoms with E-state index in [-0.39, 0.29) is 17.6 Å². The van der Waals surface area contributed by atoms with Gasteiger partial charge in [0, 0.05) is 22.3 Å². The molecule has 1 unspecified atom stereocenters. The van der Waals surface area contributed by atoms with Gasteiger partial charge in [-0.1, -0.05) is 48.6 Å². The summed E-state index contributed by atoms with van der Waals surface area (Å²) in [6, 6.07) is 6.78. The Hall–Kier alpha value is -3.66. The van der Waals surface area contributed by atoms with Crippen molar-refractivity contribution in [2.75, 3.05) is 6.61 Å². The molecule has 0 amide bonds. The van der Waals surface area contributed by atoms with Crippen LogP contribution < -0.4 is 9.47 Å². The summed E-state index contributed by atoms with van der Waals surface area (Å²) in [5.74, 6) is 1.58. The van der Waals surface area contributed by atoms with Gasteiger partial charge < -0.3 is 19.7 Å². The van der Waals surface area contributed by atoms with Gasteiger partial charge in [-0.2, -0.15) is 0 Å². The smallest absolute Gasteiger partial charge is 0.128 e. The zero-order valence-corrected chi connectivity index (χ0v) is 20.3. The lowest BCUT2D eigenvalue weighted by molar-refractivity contribution is 0.236. The van der Waals surface area contributed by atoms with E-state index in [1.165, 1.54) is 0 Å². The first-order chi connectivity index (χ1) is 17.2. The third kappa shape index (κ3) is 6.07. The van der Waals surface area contributed by atoms with Crippen LogP contribution in [-0.4, -0.2) is 22.9 Å². The van der Waals surface area contributed by atoms with E-state index in [4.69, 9.17) is 9.47 Å². The fourth-order valence-corrected chi connectivity index (χ4v) is 4.41. The topological polar surface area (TPSA) is 58.9 Å². The Balaban J connectivity index is 1.38. The second-order valence-electron chi connectivity index (χ2n) is 8.72. The van der Waals surface area contributed by atoms with Crippen LogP contribution in [0.2, 0.25) is 0 Å². The van der Waals surface area contributed by atoms with E-state index in [9.17, 15) is 10.2 Å². The highest BCUT2D eigenvalue weighted by Gasteiger charge is 2.25. The molecule has 1 atom stereocenters. The first kappa shape index (κ1) is 24.5. The summed E-state index contributed by atoms with van der Waals surface area (Å²) in [6.45, 7) is 2.54. The third-order valence-corrected chi connectivity index (χ3v) is 6.18. The number of allylic oxidation sites excluding steroid dienone is 6. The van der Waals surface area contributed by atoms with Gasteiger partial charge in [0.25, 0.3) is 0 Å². The van der Waals surface area contributed by atoms with Crippen molar-refractivity contribution < 1.29 is 19.7 Å². The molecule has 0 spiro atoms. The fraction of sp³-hybridized carbons (Fsp3) is 0.290. The second kappa shape index (κ2) is 12.2. The Morgan fingerprint density at radius 2 is 1.37 bits per heavy atom. The van der Waals surface area contributed by atoms with Crippen molar-refractivity contribution >= 4 is 12.2 Å². The molecule has 4 heteroatoms. The number of rotatable bonds is 10. The minimum absolute atomic E-state index is 0.0300. The summed E-state index contributed by atoms with van der Waals surface area (Å²) in [7, 11) is 0. The molecule has 2 N–H and O–H groups in total. The molecule has 4 rings (SSSR count). The summed E-state index contributed by atoms with van der Waals surface area (Å²) in [5.41, 5.74) is 2.63. The van der Waals surface area contributed by atoms with E-state index in [0.717, 1.165) is 49.7 Å². The minimum Gasteiger partial charge on any atom is -0.507 e. The van der Waals surface area contributed by atoms with Crippen LogP contribution in [-0.2, 0) is 0 Å². The summed E-state index contributed by atoms with van der Waals surface area (Å²) < 4.78 is 12.0. The molecule has 35 heavy (non-hydrogen) atoms. The summed E-state index contributed by atoms with van der Waals surface area (Å²) in [5, 5.41) is 21.4. The Morgan fingerprint density at radius 3 is 2.06 bits per heavy atom. The van der Waals surface area contributed by atoms with Crippen LogP contribution in [0.15, 0.2) is 72.9 Å². The Morgan fingerprint density at radius 1 is 0.771 bits per heavy atom. The predicted molar refractivity (Wildman–Crippen MR) is 144 cm³/mol. The van der Waals surface area contributed by atoms with Crippen LogP contribution in [0, 0.1) is 0 Å². The van der Waals surface area contributed by atoms with Crippen molar-refractivity contribution in [2.45, 2.75) is 51.6 Å². The molecule has 0 saturated carbocycles. The molecule has 0 bridgehead atoms. The van der Waals surface area contributed by atoms with Gasteiger partial charge in [0.15, 0.2) is 0 Å². The minimum atomic E-state index is -0.0300. The molecule has 2 heterocycles. The molecule has 2 aliphatic heterocycles. The highest BCUT2D eigenvalue weighted by atomic mass is 16.5. The standard InChI is InChI=1S/C31H34O4/c1-2-3-4-5-6-7-8-9-10-11-12-14-23-16-17-25-29(35-23)21-19-27(33)31(25)30-24-15-13-22-34-28(24)20-18-26(30)32/h2-3,6-7,10-11,13,15-21,23,32-33H,4-5,8-9,12,14,22H2,1H3. The molecule has 0 aliphatic carbocycles. The average molecular weight is 471 g/mol. The van der Waals surface area contributed by atoms with Crippen LogP contribution in [0.4, 0.5) is 0 Å². The molecule has 182 valence electrons. The Bertz CT molecular complexity index is 1170. The van der Waals surface area contributed by atoms with Crippen LogP contribution in [0.5, 0.6) is 23.0 Å². The first-order valence-electron chi connectivity index (χ1n) is 12.5. The van der Waals surface area contributed by atoms with Gasteiger partial charge in [0.1, 0.15) is 35.7 Å². The number of aromatic hydroxyl groups is 2. The number of ether oxygens (including phenoxy) is 2. The number of hydrogen-bond acceptors (Lipinski definition) is 4. The summed E-state index contributed by atoms with van der Waals surface area (Å²) in [6.07, 6.45) is 27.3. The monoisotopic (exact) mass is 470 g/mol. The zero-order valence-electron chi connectivity index (χ0n) is 20.3. The lowest BCUT2D eigenvalue weighted by Crippen LogP contribution is -2.17. The second-order valence-corrected chi connectivity index (χ2v) is 8.72. The Labute approximate surface area is 208 Å². The van der Waals surface area contributed by atoms with Gasteiger partial charge in [-0.25, -0.2) is 0 Å². The van der Waals surface area contributed by atoms with Gasteiger partial charge >= 0.3 is 0 Å². The summed E-state index contributed by atoms with van der Waals surface area (Å²) in [4.78, 5) is 0. The molecule has 2 aliphatic rings. The van der Waals surface area contributed by atoms with E-state index in [1.807, 2.05) is 24.3 Å². The van der Waals surface area contributed by atoms with E-state index in [2.05, 4.69) is 43.4 Å². The van der Waals surface area contributed by atoms with Crippen LogP contribution in [0.1, 0.15) is 56.6 Å². The lowest BCUT2D eigenvalue weighted by Gasteiger charge is -2.25. The SMILES string of the molecule is CC=CCCC=CCCC=CCCC1C=Cc2c(ccc(O)c2-c2c(O)ccc3c2C=CCO3)O1. The maximum absolute atomic E-state index is 10.7. The van der Waals surface area contributed by atoms with Gasteiger partial charge in [-0.15, -0.1) is 0 Å². The number of phenolic OH excluding ortho intramolecular Hbond substituents is 2. The van der Waals surface area contributed by atoms with Crippen molar-refractivity contribution in [2.24, 2.45) is 0 Å². The van der Waals surface area contributed by atoms with Crippen LogP contribution in [0.3, 0.4) is 0 Å². The van der Waals surface area contributed by atoms with Gasteiger partial charge in [0.2, 0.25) is 0 Å². The van der Waals surface area contributed by atoms with Gasteiger partial charge in [-0.05, 0) is 81.9 Å². The molecule has 4 nitrogen and oxygen atoms in total. The maximum Gasteiger partial charge on any atom is 0.128 e. The van der Waals surface area contributed by atoms with Crippen molar-refractivity contribution in [3.05, 3.63) is 84.0 Å². The lowest BCUT2D eigenvalue weighted by atomic mass is 9.90. The van der Waals surface area contributed by atoms with Gasteiger partial charge in [-0.3, -0.25) is 0 Å². The number of hydrogen-bond donors (Lipinski definition) is 2. The highest BCUT2D eigenvalue weighted by Crippen LogP contribution is 2.48. The van der Waals surface area contributed by atoms with Crippen molar-refractivity contribution in [1.29, 1.82) is 0 Å². The van der Waals surface area contributed by atoms with Crippen LogP contribution in [0.25, 0.3) is 23.3 Å². The fourth-order valence-electron chi connectivity index (χ4n) is 4.41. The number of benzene rings is 2. The number of fused-ring (bicyclic) bond motifs is 2. The van der Waals surface area contributed by atoms with Crippen molar-refractivity contribution in [3.63, 3.8) is 0 Å². The number of phenols is 2. The molecule has 2 aromatic rings. The van der Waals surface area contributed by atoms with Crippen molar-refractivity contribution in [3.8, 4) is 34.1 Å². The first-order valence-corrected chi connectivity index (χ1v) is 12.5. The summed E-state index contributed by atoms with van der Waals surface area (Å²) >= 11 is 0. The zero-order chi connectivity index (χ0) is 24.5. The maximum atomic E-state index is 10.7. The highest BCUT2D eigenvalue weighted by molar-refractivity contribution is 5.92.